The molecule has 1 fully saturated rings. The monoisotopic (exact) mass is 449 g/mol. The summed E-state index contributed by atoms with van der Waals surface area (Å²) in [7, 11) is 1.69. The third kappa shape index (κ3) is 3.80. The summed E-state index contributed by atoms with van der Waals surface area (Å²) in [6.07, 6.45) is 0. The number of nitrogens with zero attached hydrogens (tertiary/aromatic N) is 5. The number of thiazole rings is 1. The highest BCUT2D eigenvalue weighted by Gasteiger charge is 2.31. The molecule has 0 bridgehead atoms. The summed E-state index contributed by atoms with van der Waals surface area (Å²) in [6, 6.07) is 16.8. The summed E-state index contributed by atoms with van der Waals surface area (Å²) in [5, 5.41) is 15.4. The van der Waals surface area contributed by atoms with E-state index in [1.165, 1.54) is 28.2 Å². The normalized spacial score (nSPS) is 15.9. The first-order valence-corrected chi connectivity index (χ1v) is 11.6. The van der Waals surface area contributed by atoms with Crippen molar-refractivity contribution in [1.82, 2.24) is 19.5 Å². The van der Waals surface area contributed by atoms with Crippen molar-refractivity contribution in [3.05, 3.63) is 70.4 Å². The smallest absolute Gasteiger partial charge is 0.230 e. The predicted octanol–water partition coefficient (Wildman–Crippen LogP) is 4.03. The third-order valence-corrected chi connectivity index (χ3v) is 7.14. The zero-order valence-electron chi connectivity index (χ0n) is 18.5. The van der Waals surface area contributed by atoms with Crippen LogP contribution in [0.5, 0.6) is 11.6 Å². The molecule has 4 aromatic rings. The van der Waals surface area contributed by atoms with Crippen molar-refractivity contribution in [3.63, 3.8) is 0 Å². The Balaban J connectivity index is 1.44. The third-order valence-electron chi connectivity index (χ3n) is 6.06. The molecule has 32 heavy (non-hydrogen) atoms. The van der Waals surface area contributed by atoms with E-state index < -0.39 is 0 Å². The molecule has 1 saturated heterocycles. The molecule has 7 nitrogen and oxygen atoms in total. The molecule has 3 heterocycles. The number of hydrogen-bond acceptors (Lipinski definition) is 7. The zero-order chi connectivity index (χ0) is 22.2. The van der Waals surface area contributed by atoms with E-state index in [0.717, 1.165) is 41.8 Å². The van der Waals surface area contributed by atoms with E-state index in [1.54, 1.807) is 11.6 Å². The summed E-state index contributed by atoms with van der Waals surface area (Å²) in [4.78, 5) is 10.9. The standard InChI is InChI=1S/C24H27N5O2S/c1-16-4-6-18(7-5-16)21(22-23(30)29-24(32-22)25-17(2)26-29)28-14-12-27(13-15-28)19-8-10-20(31-3)11-9-19/h4-11,21,30H,12-15H2,1-3H3/t21-/m1/s1. The molecule has 2 aromatic heterocycles. The van der Waals surface area contributed by atoms with Crippen LogP contribution < -0.4 is 9.64 Å². The van der Waals surface area contributed by atoms with Crippen LogP contribution in [-0.2, 0) is 0 Å². The first kappa shape index (κ1) is 20.8. The van der Waals surface area contributed by atoms with Gasteiger partial charge in [-0.15, -0.1) is 5.10 Å². The van der Waals surface area contributed by atoms with Crippen LogP contribution in [0.4, 0.5) is 5.69 Å². The van der Waals surface area contributed by atoms with Gasteiger partial charge in [-0.1, -0.05) is 41.2 Å². The van der Waals surface area contributed by atoms with Crippen molar-refractivity contribution in [3.8, 4) is 11.6 Å². The van der Waals surface area contributed by atoms with Crippen molar-refractivity contribution < 1.29 is 9.84 Å². The lowest BCUT2D eigenvalue weighted by molar-refractivity contribution is 0.211. The second kappa shape index (κ2) is 8.44. The van der Waals surface area contributed by atoms with E-state index in [1.807, 2.05) is 19.1 Å². The SMILES string of the molecule is COc1ccc(N2CCN([C@H](c3ccc(C)cc3)c3sc4nc(C)nn4c3O)CC2)cc1. The van der Waals surface area contributed by atoms with Gasteiger partial charge in [0.15, 0.2) is 0 Å². The van der Waals surface area contributed by atoms with Gasteiger partial charge in [0.2, 0.25) is 10.8 Å². The number of anilines is 1. The van der Waals surface area contributed by atoms with Crippen molar-refractivity contribution in [2.75, 3.05) is 38.2 Å². The molecule has 1 aliphatic rings. The summed E-state index contributed by atoms with van der Waals surface area (Å²) in [6.45, 7) is 7.53. The molecule has 0 radical (unpaired) electrons. The molecule has 0 amide bonds. The van der Waals surface area contributed by atoms with E-state index in [4.69, 9.17) is 4.74 Å². The van der Waals surface area contributed by atoms with Gasteiger partial charge in [0, 0.05) is 31.9 Å². The van der Waals surface area contributed by atoms with Crippen molar-refractivity contribution >= 4 is 22.0 Å². The molecule has 166 valence electrons. The first-order chi connectivity index (χ1) is 15.5. The number of hydrogen-bond donors (Lipinski definition) is 1. The number of benzene rings is 2. The van der Waals surface area contributed by atoms with E-state index in [2.05, 4.69) is 63.2 Å². The fraction of sp³-hybridized carbons (Fsp3) is 0.333. The maximum atomic E-state index is 11.0. The quantitative estimate of drug-likeness (QED) is 0.496. The second-order valence-corrected chi connectivity index (χ2v) is 9.19. The lowest BCUT2D eigenvalue weighted by atomic mass is 10.0. The molecule has 8 heteroatoms. The topological polar surface area (TPSA) is 66.1 Å². The predicted molar refractivity (Wildman–Crippen MR) is 127 cm³/mol. The number of fused-ring (bicyclic) bond motifs is 1. The van der Waals surface area contributed by atoms with Crippen molar-refractivity contribution in [2.45, 2.75) is 19.9 Å². The first-order valence-electron chi connectivity index (χ1n) is 10.8. The van der Waals surface area contributed by atoms with Crippen LogP contribution >= 0.6 is 11.3 Å². The second-order valence-electron chi connectivity index (χ2n) is 8.18. The van der Waals surface area contributed by atoms with E-state index in [0.29, 0.717) is 5.82 Å². The lowest BCUT2D eigenvalue weighted by Gasteiger charge is -2.40. The minimum absolute atomic E-state index is 0.0394. The zero-order valence-corrected chi connectivity index (χ0v) is 19.3. The number of piperazine rings is 1. The number of ether oxygens (including phenoxy) is 1. The molecule has 1 aliphatic heterocycles. The van der Waals surface area contributed by atoms with Crippen molar-refractivity contribution in [1.29, 1.82) is 0 Å². The Bertz CT molecular complexity index is 1210. The highest BCUT2D eigenvalue weighted by atomic mass is 32.1. The summed E-state index contributed by atoms with van der Waals surface area (Å²) < 4.78 is 6.85. The molecule has 0 saturated carbocycles. The summed E-state index contributed by atoms with van der Waals surface area (Å²) in [5.41, 5.74) is 3.60. The molecule has 0 spiro atoms. The van der Waals surface area contributed by atoms with Gasteiger partial charge in [0.05, 0.1) is 18.0 Å². The fourth-order valence-corrected chi connectivity index (χ4v) is 5.50. The average molecular weight is 450 g/mol. The van der Waals surface area contributed by atoms with Crippen LogP contribution in [0.15, 0.2) is 48.5 Å². The van der Waals surface area contributed by atoms with E-state index >= 15 is 0 Å². The lowest BCUT2D eigenvalue weighted by Crippen LogP contribution is -2.47. The molecule has 0 unspecified atom stereocenters. The molecule has 2 aromatic carbocycles. The average Bonchev–Trinajstić information content (AvgIpc) is 3.33. The highest BCUT2D eigenvalue weighted by molar-refractivity contribution is 7.17. The van der Waals surface area contributed by atoms with Gasteiger partial charge >= 0.3 is 0 Å². The number of methoxy groups -OCH3 is 1. The van der Waals surface area contributed by atoms with Gasteiger partial charge in [-0.2, -0.15) is 4.52 Å². The minimum atomic E-state index is -0.0394. The maximum absolute atomic E-state index is 11.0. The van der Waals surface area contributed by atoms with Gasteiger partial charge < -0.3 is 14.7 Å². The molecule has 1 N–H and O–H groups in total. The van der Waals surface area contributed by atoms with Gasteiger partial charge in [-0.3, -0.25) is 4.90 Å². The summed E-state index contributed by atoms with van der Waals surface area (Å²) >= 11 is 1.52. The Labute approximate surface area is 191 Å². The van der Waals surface area contributed by atoms with Crippen LogP contribution in [0.2, 0.25) is 0 Å². The maximum Gasteiger partial charge on any atom is 0.230 e. The molecular formula is C24H27N5O2S. The Morgan fingerprint density at radius 1 is 0.969 bits per heavy atom. The van der Waals surface area contributed by atoms with Gasteiger partial charge in [-0.25, -0.2) is 4.98 Å². The highest BCUT2D eigenvalue weighted by Crippen LogP contribution is 2.40. The molecule has 5 rings (SSSR count). The van der Waals surface area contributed by atoms with Gasteiger partial charge in [0.25, 0.3) is 0 Å². The van der Waals surface area contributed by atoms with E-state index in [-0.39, 0.29) is 11.9 Å². The van der Waals surface area contributed by atoms with E-state index in [9.17, 15) is 5.11 Å². The number of aryl methyl sites for hydroxylation is 2. The van der Waals surface area contributed by atoms with Crippen LogP contribution in [0.3, 0.4) is 0 Å². The van der Waals surface area contributed by atoms with Crippen LogP contribution in [0.25, 0.3) is 4.96 Å². The van der Waals surface area contributed by atoms with Gasteiger partial charge in [-0.05, 0) is 43.7 Å². The number of aromatic nitrogens is 3. The van der Waals surface area contributed by atoms with Gasteiger partial charge in [0.1, 0.15) is 11.6 Å². The Kier molecular flexibility index (Phi) is 5.48. The Morgan fingerprint density at radius 3 is 2.28 bits per heavy atom. The Hall–Kier alpha value is -3.10. The van der Waals surface area contributed by atoms with Crippen LogP contribution in [-0.4, -0.2) is 57.9 Å². The number of aromatic hydroxyl groups is 1. The number of rotatable bonds is 5. The molecular weight excluding hydrogens is 422 g/mol. The fourth-order valence-electron chi connectivity index (χ4n) is 4.33. The van der Waals surface area contributed by atoms with Crippen molar-refractivity contribution in [2.24, 2.45) is 0 Å². The minimum Gasteiger partial charge on any atom is -0.497 e. The molecule has 0 aliphatic carbocycles. The largest absolute Gasteiger partial charge is 0.497 e. The Morgan fingerprint density at radius 2 is 1.66 bits per heavy atom. The van der Waals surface area contributed by atoms with Crippen LogP contribution in [0.1, 0.15) is 27.9 Å². The van der Waals surface area contributed by atoms with Crippen LogP contribution in [0, 0.1) is 13.8 Å². The molecule has 1 atom stereocenters. The summed E-state index contributed by atoms with van der Waals surface area (Å²) in [5.74, 6) is 1.72.